The van der Waals surface area contributed by atoms with Gasteiger partial charge in [0.1, 0.15) is 17.1 Å². The number of hydrogen-bond acceptors (Lipinski definition) is 2. The third-order valence-corrected chi connectivity index (χ3v) is 1.56. The van der Waals surface area contributed by atoms with Crippen molar-refractivity contribution in [2.45, 2.75) is 40.2 Å². The Bertz CT molecular complexity index is 292. The summed E-state index contributed by atoms with van der Waals surface area (Å²) in [5.74, 6) is -0.456. The van der Waals surface area contributed by atoms with Crippen molar-refractivity contribution < 1.29 is 9.50 Å². The van der Waals surface area contributed by atoms with Gasteiger partial charge in [0.05, 0.1) is 0 Å². The standard InChI is InChI=1S/C9H12FNO.C2H6/c1-6-4-7(10)8(11-5-6)9(2,3)12;1-2/h4-5,12H,1-3H3;1-2H3. The summed E-state index contributed by atoms with van der Waals surface area (Å²) in [5.41, 5.74) is -0.369. The van der Waals surface area contributed by atoms with E-state index in [9.17, 15) is 9.50 Å². The molecule has 0 fully saturated rings. The monoisotopic (exact) mass is 199 g/mol. The second-order valence-electron chi connectivity index (χ2n) is 3.40. The van der Waals surface area contributed by atoms with Crippen LogP contribution in [0.2, 0.25) is 0 Å². The largest absolute Gasteiger partial charge is 0.384 e. The van der Waals surface area contributed by atoms with E-state index in [-0.39, 0.29) is 5.69 Å². The van der Waals surface area contributed by atoms with Gasteiger partial charge < -0.3 is 5.11 Å². The predicted molar refractivity (Wildman–Crippen MR) is 55.5 cm³/mol. The Hall–Kier alpha value is -0.960. The van der Waals surface area contributed by atoms with E-state index in [0.717, 1.165) is 5.56 Å². The fourth-order valence-corrected chi connectivity index (χ4v) is 0.984. The Morgan fingerprint density at radius 3 is 2.21 bits per heavy atom. The van der Waals surface area contributed by atoms with Crippen molar-refractivity contribution in [3.8, 4) is 0 Å². The number of aliphatic hydroxyl groups is 1. The Labute approximate surface area is 84.8 Å². The summed E-state index contributed by atoms with van der Waals surface area (Å²) in [6.45, 7) is 8.77. The molecule has 0 aliphatic rings. The second-order valence-corrected chi connectivity index (χ2v) is 3.40. The quantitative estimate of drug-likeness (QED) is 0.754. The maximum absolute atomic E-state index is 13.1. The first kappa shape index (κ1) is 13.0. The van der Waals surface area contributed by atoms with Crippen LogP contribution in [-0.4, -0.2) is 10.1 Å². The van der Waals surface area contributed by atoms with Crippen molar-refractivity contribution in [2.75, 3.05) is 0 Å². The summed E-state index contributed by atoms with van der Waals surface area (Å²) in [6, 6.07) is 1.36. The van der Waals surface area contributed by atoms with Crippen molar-refractivity contribution in [3.05, 3.63) is 29.3 Å². The molecule has 1 heterocycles. The first-order valence-electron chi connectivity index (χ1n) is 4.76. The van der Waals surface area contributed by atoms with Gasteiger partial charge in [0.15, 0.2) is 0 Å². The van der Waals surface area contributed by atoms with E-state index in [1.54, 1.807) is 6.92 Å². The van der Waals surface area contributed by atoms with E-state index < -0.39 is 11.4 Å². The number of pyridine rings is 1. The van der Waals surface area contributed by atoms with Crippen LogP contribution in [0.5, 0.6) is 0 Å². The number of aromatic nitrogens is 1. The van der Waals surface area contributed by atoms with Crippen molar-refractivity contribution >= 4 is 0 Å². The molecule has 0 atom stereocenters. The Kier molecular flexibility index (Phi) is 4.71. The third kappa shape index (κ3) is 3.42. The zero-order valence-electron chi connectivity index (χ0n) is 9.43. The number of aryl methyl sites for hydroxylation is 1. The van der Waals surface area contributed by atoms with E-state index in [1.165, 1.54) is 26.1 Å². The SMILES string of the molecule is CC.Cc1cnc(C(C)(C)O)c(F)c1. The molecule has 0 saturated carbocycles. The van der Waals surface area contributed by atoms with Gasteiger partial charge in [-0.15, -0.1) is 0 Å². The first-order chi connectivity index (χ1) is 6.41. The van der Waals surface area contributed by atoms with E-state index in [2.05, 4.69) is 4.98 Å². The number of hydrogen-bond donors (Lipinski definition) is 1. The molecule has 0 aliphatic carbocycles. The van der Waals surface area contributed by atoms with Crippen LogP contribution in [-0.2, 0) is 5.60 Å². The van der Waals surface area contributed by atoms with Gasteiger partial charge in [0, 0.05) is 6.20 Å². The molecule has 0 aromatic carbocycles. The lowest BCUT2D eigenvalue weighted by molar-refractivity contribution is 0.0694. The fraction of sp³-hybridized carbons (Fsp3) is 0.545. The first-order valence-corrected chi connectivity index (χ1v) is 4.76. The molecule has 2 nitrogen and oxygen atoms in total. The van der Waals surface area contributed by atoms with E-state index >= 15 is 0 Å². The molecule has 0 amide bonds. The van der Waals surface area contributed by atoms with Crippen LogP contribution < -0.4 is 0 Å². The highest BCUT2D eigenvalue weighted by Crippen LogP contribution is 2.20. The summed E-state index contributed by atoms with van der Waals surface area (Å²) in [7, 11) is 0. The normalized spacial score (nSPS) is 10.5. The minimum Gasteiger partial charge on any atom is -0.384 e. The molecule has 0 saturated heterocycles. The van der Waals surface area contributed by atoms with Crippen LogP contribution in [0.15, 0.2) is 12.3 Å². The van der Waals surface area contributed by atoms with Crippen molar-refractivity contribution in [1.82, 2.24) is 4.98 Å². The number of rotatable bonds is 1. The Morgan fingerprint density at radius 1 is 1.36 bits per heavy atom. The van der Waals surface area contributed by atoms with Gasteiger partial charge >= 0.3 is 0 Å². The summed E-state index contributed by atoms with van der Waals surface area (Å²) in [4.78, 5) is 3.82. The van der Waals surface area contributed by atoms with Crippen LogP contribution in [0.3, 0.4) is 0 Å². The van der Waals surface area contributed by atoms with Crippen LogP contribution in [0, 0.1) is 12.7 Å². The third-order valence-electron chi connectivity index (χ3n) is 1.56. The van der Waals surface area contributed by atoms with Gasteiger partial charge in [0.2, 0.25) is 0 Å². The molecule has 14 heavy (non-hydrogen) atoms. The van der Waals surface area contributed by atoms with Crippen LogP contribution >= 0.6 is 0 Å². The van der Waals surface area contributed by atoms with Crippen LogP contribution in [0.1, 0.15) is 39.0 Å². The van der Waals surface area contributed by atoms with Gasteiger partial charge in [-0.05, 0) is 32.4 Å². The molecular formula is C11H18FNO. The van der Waals surface area contributed by atoms with Crippen molar-refractivity contribution in [3.63, 3.8) is 0 Å². The maximum Gasteiger partial charge on any atom is 0.147 e. The minimum atomic E-state index is -1.21. The van der Waals surface area contributed by atoms with Gasteiger partial charge in [-0.1, -0.05) is 13.8 Å². The van der Waals surface area contributed by atoms with E-state index in [0.29, 0.717) is 0 Å². The summed E-state index contributed by atoms with van der Waals surface area (Å²) < 4.78 is 13.1. The number of nitrogens with zero attached hydrogens (tertiary/aromatic N) is 1. The van der Waals surface area contributed by atoms with Crippen LogP contribution in [0.4, 0.5) is 4.39 Å². The highest BCUT2D eigenvalue weighted by Gasteiger charge is 2.21. The maximum atomic E-state index is 13.1. The Balaban J connectivity index is 0.000000791. The minimum absolute atomic E-state index is 0.0908. The molecule has 0 aliphatic heterocycles. The van der Waals surface area contributed by atoms with E-state index in [1.807, 2.05) is 13.8 Å². The molecule has 1 rings (SSSR count). The Morgan fingerprint density at radius 2 is 1.86 bits per heavy atom. The zero-order chi connectivity index (χ0) is 11.4. The zero-order valence-corrected chi connectivity index (χ0v) is 9.43. The molecule has 1 aromatic heterocycles. The van der Waals surface area contributed by atoms with E-state index in [4.69, 9.17) is 0 Å². The molecule has 0 radical (unpaired) electrons. The topological polar surface area (TPSA) is 33.1 Å². The molecule has 1 N–H and O–H groups in total. The second kappa shape index (κ2) is 5.05. The van der Waals surface area contributed by atoms with Crippen LogP contribution in [0.25, 0.3) is 0 Å². The van der Waals surface area contributed by atoms with Gasteiger partial charge in [0.25, 0.3) is 0 Å². The van der Waals surface area contributed by atoms with Gasteiger partial charge in [-0.2, -0.15) is 0 Å². The average molecular weight is 199 g/mol. The van der Waals surface area contributed by atoms with Crippen molar-refractivity contribution in [2.24, 2.45) is 0 Å². The number of halogens is 1. The lowest BCUT2D eigenvalue weighted by atomic mass is 10.0. The highest BCUT2D eigenvalue weighted by atomic mass is 19.1. The molecule has 80 valence electrons. The van der Waals surface area contributed by atoms with Crippen molar-refractivity contribution in [1.29, 1.82) is 0 Å². The summed E-state index contributed by atoms with van der Waals surface area (Å²) >= 11 is 0. The molecule has 1 aromatic rings. The summed E-state index contributed by atoms with van der Waals surface area (Å²) in [6.07, 6.45) is 1.54. The van der Waals surface area contributed by atoms with Gasteiger partial charge in [-0.25, -0.2) is 4.39 Å². The molecule has 3 heteroatoms. The smallest absolute Gasteiger partial charge is 0.147 e. The molecular weight excluding hydrogens is 181 g/mol. The summed E-state index contributed by atoms with van der Waals surface area (Å²) in [5, 5.41) is 9.46. The lowest BCUT2D eigenvalue weighted by Gasteiger charge is -2.16. The average Bonchev–Trinajstić information content (AvgIpc) is 2.05. The molecule has 0 bridgehead atoms. The lowest BCUT2D eigenvalue weighted by Crippen LogP contribution is -2.19. The predicted octanol–water partition coefficient (Wildman–Crippen LogP) is 2.78. The molecule has 0 spiro atoms. The molecule has 0 unspecified atom stereocenters. The van der Waals surface area contributed by atoms with Gasteiger partial charge in [-0.3, -0.25) is 4.98 Å². The highest BCUT2D eigenvalue weighted by molar-refractivity contribution is 5.18. The fourth-order valence-electron chi connectivity index (χ4n) is 0.984.